The van der Waals surface area contributed by atoms with Crippen LogP contribution in [0.4, 0.5) is 5.82 Å². The van der Waals surface area contributed by atoms with Gasteiger partial charge in [0.25, 0.3) is 0 Å². The molecule has 0 aliphatic heterocycles. The second-order valence-electron chi connectivity index (χ2n) is 6.88. The van der Waals surface area contributed by atoms with Gasteiger partial charge in [0.1, 0.15) is 16.4 Å². The summed E-state index contributed by atoms with van der Waals surface area (Å²) in [6.07, 6.45) is 3.76. The SMILES string of the molecule is Cc1cc(N)nc(-c2cnc(C3(O)CCCc4cc(C(=O)O)ccc43)s2)c1. The van der Waals surface area contributed by atoms with E-state index < -0.39 is 11.6 Å². The summed E-state index contributed by atoms with van der Waals surface area (Å²) in [6, 6.07) is 8.64. The number of nitrogens with two attached hydrogens (primary N) is 1. The quantitative estimate of drug-likeness (QED) is 0.642. The van der Waals surface area contributed by atoms with E-state index in [0.717, 1.165) is 40.1 Å². The molecule has 7 heteroatoms. The number of benzene rings is 1. The standard InChI is InChI=1S/C20H19N3O3S/c1-11-7-15(23-17(21)8-11)16-10-22-19(27-16)20(26)6-2-3-12-9-13(18(24)25)4-5-14(12)20/h4-5,7-10,26H,2-3,6H2,1H3,(H2,21,23)(H,24,25). The van der Waals surface area contributed by atoms with Crippen molar-refractivity contribution in [1.29, 1.82) is 0 Å². The highest BCUT2D eigenvalue weighted by molar-refractivity contribution is 7.15. The molecule has 0 radical (unpaired) electrons. The van der Waals surface area contributed by atoms with Gasteiger partial charge < -0.3 is 15.9 Å². The third kappa shape index (κ3) is 3.09. The lowest BCUT2D eigenvalue weighted by molar-refractivity contribution is 0.0607. The van der Waals surface area contributed by atoms with E-state index in [-0.39, 0.29) is 5.56 Å². The number of carboxylic acids is 1. The summed E-state index contributed by atoms with van der Waals surface area (Å²) >= 11 is 1.39. The average Bonchev–Trinajstić information content (AvgIpc) is 3.12. The Balaban J connectivity index is 1.76. The maximum absolute atomic E-state index is 11.4. The molecule has 1 unspecified atom stereocenters. The van der Waals surface area contributed by atoms with Crippen LogP contribution in [0.5, 0.6) is 0 Å². The van der Waals surface area contributed by atoms with E-state index in [0.29, 0.717) is 17.2 Å². The third-order valence-corrected chi connectivity index (χ3v) is 6.05. The van der Waals surface area contributed by atoms with Crippen molar-refractivity contribution in [3.63, 3.8) is 0 Å². The number of thiazole rings is 1. The molecule has 3 aromatic rings. The summed E-state index contributed by atoms with van der Waals surface area (Å²) in [4.78, 5) is 20.9. The number of anilines is 1. The highest BCUT2D eigenvalue weighted by Gasteiger charge is 2.39. The number of rotatable bonds is 3. The van der Waals surface area contributed by atoms with Gasteiger partial charge >= 0.3 is 5.97 Å². The zero-order chi connectivity index (χ0) is 19.2. The molecule has 0 spiro atoms. The summed E-state index contributed by atoms with van der Waals surface area (Å²) in [5.41, 5.74) is 8.20. The number of hydrogen-bond donors (Lipinski definition) is 3. The zero-order valence-electron chi connectivity index (χ0n) is 14.8. The number of fused-ring (bicyclic) bond motifs is 1. The van der Waals surface area contributed by atoms with Gasteiger partial charge in [0.15, 0.2) is 0 Å². The molecule has 1 aliphatic carbocycles. The van der Waals surface area contributed by atoms with Crippen LogP contribution in [-0.4, -0.2) is 26.2 Å². The monoisotopic (exact) mass is 381 g/mol. The van der Waals surface area contributed by atoms with Crippen LogP contribution in [0.2, 0.25) is 0 Å². The topological polar surface area (TPSA) is 109 Å². The lowest BCUT2D eigenvalue weighted by Gasteiger charge is -2.33. The predicted octanol–water partition coefficient (Wildman–Crippen LogP) is 3.37. The normalized spacial score (nSPS) is 18.9. The van der Waals surface area contributed by atoms with Crippen LogP contribution in [0, 0.1) is 6.92 Å². The highest BCUT2D eigenvalue weighted by atomic mass is 32.1. The van der Waals surface area contributed by atoms with Crippen LogP contribution in [-0.2, 0) is 12.0 Å². The van der Waals surface area contributed by atoms with E-state index >= 15 is 0 Å². The number of pyridine rings is 1. The molecule has 0 saturated heterocycles. The molecule has 0 amide bonds. The molecular weight excluding hydrogens is 362 g/mol. The fourth-order valence-electron chi connectivity index (χ4n) is 3.63. The van der Waals surface area contributed by atoms with Crippen molar-refractivity contribution in [3.05, 3.63) is 63.8 Å². The van der Waals surface area contributed by atoms with Crippen molar-refractivity contribution in [2.24, 2.45) is 0 Å². The van der Waals surface area contributed by atoms with Gasteiger partial charge in [-0.2, -0.15) is 0 Å². The molecule has 27 heavy (non-hydrogen) atoms. The Kier molecular flexibility index (Phi) is 4.20. The van der Waals surface area contributed by atoms with E-state index in [4.69, 9.17) is 5.73 Å². The maximum atomic E-state index is 11.4. The number of aliphatic hydroxyl groups is 1. The molecule has 1 aliphatic rings. The van der Waals surface area contributed by atoms with Crippen LogP contribution in [0.1, 0.15) is 44.9 Å². The predicted molar refractivity (Wildman–Crippen MR) is 104 cm³/mol. The van der Waals surface area contributed by atoms with Crippen molar-refractivity contribution < 1.29 is 15.0 Å². The van der Waals surface area contributed by atoms with Crippen LogP contribution in [0.15, 0.2) is 36.5 Å². The second kappa shape index (κ2) is 6.44. The van der Waals surface area contributed by atoms with E-state index in [1.165, 1.54) is 17.4 Å². The molecule has 4 rings (SSSR count). The van der Waals surface area contributed by atoms with Gasteiger partial charge in [-0.15, -0.1) is 11.3 Å². The first-order valence-corrected chi connectivity index (χ1v) is 9.48. The first-order chi connectivity index (χ1) is 12.9. The summed E-state index contributed by atoms with van der Waals surface area (Å²) in [5, 5.41) is 21.3. The van der Waals surface area contributed by atoms with Crippen LogP contribution >= 0.6 is 11.3 Å². The Labute approximate surface area is 160 Å². The van der Waals surface area contributed by atoms with Crippen LogP contribution in [0.25, 0.3) is 10.6 Å². The number of hydrogen-bond acceptors (Lipinski definition) is 6. The average molecular weight is 381 g/mol. The first-order valence-electron chi connectivity index (χ1n) is 8.67. The van der Waals surface area contributed by atoms with Crippen LogP contribution < -0.4 is 5.73 Å². The fourth-order valence-corrected chi connectivity index (χ4v) is 4.64. The van der Waals surface area contributed by atoms with Crippen molar-refractivity contribution >= 4 is 23.1 Å². The van der Waals surface area contributed by atoms with Crippen molar-refractivity contribution in [1.82, 2.24) is 9.97 Å². The number of aromatic nitrogens is 2. The summed E-state index contributed by atoms with van der Waals surface area (Å²) in [7, 11) is 0. The second-order valence-corrected chi connectivity index (χ2v) is 7.91. The molecule has 4 N–H and O–H groups in total. The lowest BCUT2D eigenvalue weighted by Crippen LogP contribution is -2.32. The Morgan fingerprint density at radius 1 is 1.30 bits per heavy atom. The van der Waals surface area contributed by atoms with Crippen LogP contribution in [0.3, 0.4) is 0 Å². The zero-order valence-corrected chi connectivity index (χ0v) is 15.6. The van der Waals surface area contributed by atoms with Gasteiger partial charge in [0.2, 0.25) is 0 Å². The molecule has 0 saturated carbocycles. The molecule has 0 fully saturated rings. The first kappa shape index (κ1) is 17.6. The number of nitrogen functional groups attached to an aromatic ring is 1. The van der Waals surface area contributed by atoms with Crippen molar-refractivity contribution in [2.45, 2.75) is 31.8 Å². The van der Waals surface area contributed by atoms with Gasteiger partial charge in [-0.3, -0.25) is 0 Å². The Bertz CT molecular complexity index is 1030. The third-order valence-electron chi connectivity index (χ3n) is 4.88. The molecule has 2 aromatic heterocycles. The van der Waals surface area contributed by atoms with E-state index in [1.807, 2.05) is 13.0 Å². The Hall–Kier alpha value is -2.77. The van der Waals surface area contributed by atoms with Gasteiger partial charge in [0.05, 0.1) is 16.1 Å². The minimum absolute atomic E-state index is 0.234. The number of carboxylic acid groups (broad SMARTS) is 1. The number of carbonyl (C=O) groups is 1. The largest absolute Gasteiger partial charge is 0.478 e. The van der Waals surface area contributed by atoms with Crippen molar-refractivity contribution in [2.75, 3.05) is 5.73 Å². The summed E-state index contributed by atoms with van der Waals surface area (Å²) in [5.74, 6) is -0.519. The van der Waals surface area contributed by atoms with Crippen molar-refractivity contribution in [3.8, 4) is 10.6 Å². The van der Waals surface area contributed by atoms with Gasteiger partial charge in [-0.1, -0.05) is 6.07 Å². The summed E-state index contributed by atoms with van der Waals surface area (Å²) < 4.78 is 0. The molecule has 0 bridgehead atoms. The number of aryl methyl sites for hydroxylation is 2. The Morgan fingerprint density at radius 3 is 2.85 bits per heavy atom. The van der Waals surface area contributed by atoms with E-state index in [1.54, 1.807) is 24.4 Å². The minimum Gasteiger partial charge on any atom is -0.478 e. The summed E-state index contributed by atoms with van der Waals surface area (Å²) in [6.45, 7) is 1.95. The molecule has 1 atom stereocenters. The van der Waals surface area contributed by atoms with Gasteiger partial charge in [-0.05, 0) is 67.1 Å². The number of aromatic carboxylic acids is 1. The Morgan fingerprint density at radius 2 is 2.11 bits per heavy atom. The molecule has 1 aromatic carbocycles. The minimum atomic E-state index is -1.22. The lowest BCUT2D eigenvalue weighted by atomic mass is 9.79. The fraction of sp³-hybridized carbons (Fsp3) is 0.250. The van der Waals surface area contributed by atoms with E-state index in [2.05, 4.69) is 9.97 Å². The molecule has 6 nitrogen and oxygen atoms in total. The van der Waals surface area contributed by atoms with E-state index in [9.17, 15) is 15.0 Å². The van der Waals surface area contributed by atoms with Gasteiger partial charge in [0, 0.05) is 6.20 Å². The number of nitrogens with zero attached hydrogens (tertiary/aromatic N) is 2. The molecule has 138 valence electrons. The molecular formula is C20H19N3O3S. The highest BCUT2D eigenvalue weighted by Crippen LogP contribution is 2.43. The van der Waals surface area contributed by atoms with Gasteiger partial charge in [-0.25, -0.2) is 14.8 Å². The molecule has 2 heterocycles. The maximum Gasteiger partial charge on any atom is 0.335 e. The smallest absolute Gasteiger partial charge is 0.335 e.